The van der Waals surface area contributed by atoms with Crippen LogP contribution in [0.15, 0.2) is 4.52 Å². The first-order chi connectivity index (χ1) is 11.0. The Bertz CT molecular complexity index is 540. The zero-order chi connectivity index (χ0) is 16.4. The largest absolute Gasteiger partial charge is 0.373 e. The van der Waals surface area contributed by atoms with Gasteiger partial charge in [-0.3, -0.25) is 4.90 Å². The lowest BCUT2D eigenvalue weighted by molar-refractivity contribution is -0.0460. The number of nitrogens with zero attached hydrogens (tertiary/aromatic N) is 3. The second kappa shape index (κ2) is 6.88. The van der Waals surface area contributed by atoms with E-state index in [1.165, 1.54) is 12.8 Å². The van der Waals surface area contributed by atoms with Crippen molar-refractivity contribution < 1.29 is 14.1 Å². The van der Waals surface area contributed by atoms with E-state index in [1.54, 1.807) is 11.9 Å². The molecule has 0 aromatic carbocycles. The van der Waals surface area contributed by atoms with Crippen molar-refractivity contribution in [3.63, 3.8) is 0 Å². The summed E-state index contributed by atoms with van der Waals surface area (Å²) in [5.41, 5.74) is 1.80. The fourth-order valence-corrected chi connectivity index (χ4v) is 3.38. The molecule has 1 aromatic heterocycles. The summed E-state index contributed by atoms with van der Waals surface area (Å²) in [6.45, 7) is 7.66. The summed E-state index contributed by atoms with van der Waals surface area (Å²) in [7, 11) is 1.78. The summed E-state index contributed by atoms with van der Waals surface area (Å²) in [4.78, 5) is 16.4. The normalized spacial score (nSPS) is 24.5. The first-order valence-electron chi connectivity index (χ1n) is 8.31. The first kappa shape index (κ1) is 16.3. The molecule has 1 N–H and O–H groups in total. The Labute approximate surface area is 136 Å². The number of nitrogens with one attached hydrogen (secondary N) is 1. The highest BCUT2D eigenvalue weighted by molar-refractivity contribution is 5.73. The van der Waals surface area contributed by atoms with Gasteiger partial charge in [-0.15, -0.1) is 0 Å². The Morgan fingerprint density at radius 2 is 2.30 bits per heavy atom. The topological polar surface area (TPSA) is 70.8 Å². The third-order valence-electron chi connectivity index (χ3n) is 4.87. The molecule has 0 saturated carbocycles. The zero-order valence-electron chi connectivity index (χ0n) is 14.2. The van der Waals surface area contributed by atoms with E-state index in [1.807, 2.05) is 13.8 Å². The van der Waals surface area contributed by atoms with Crippen molar-refractivity contribution in [2.24, 2.45) is 0 Å². The van der Waals surface area contributed by atoms with Crippen LogP contribution >= 0.6 is 0 Å². The number of aryl methyl sites for hydroxylation is 2. The highest BCUT2D eigenvalue weighted by Crippen LogP contribution is 2.22. The van der Waals surface area contributed by atoms with E-state index in [0.29, 0.717) is 19.1 Å². The molecule has 0 aliphatic carbocycles. The Kier molecular flexibility index (Phi) is 4.87. The molecule has 0 spiro atoms. The Morgan fingerprint density at radius 3 is 3.04 bits per heavy atom. The minimum absolute atomic E-state index is 0.0840. The maximum Gasteiger partial charge on any atom is 0.317 e. The molecule has 0 radical (unpaired) electrons. The number of fused-ring (bicyclic) bond motifs is 1. The van der Waals surface area contributed by atoms with Crippen molar-refractivity contribution in [1.82, 2.24) is 20.3 Å². The van der Waals surface area contributed by atoms with Crippen molar-refractivity contribution in [2.45, 2.75) is 45.4 Å². The molecular formula is C16H26N4O3. The molecule has 7 nitrogen and oxygen atoms in total. The van der Waals surface area contributed by atoms with Crippen LogP contribution in [0.2, 0.25) is 0 Å². The minimum atomic E-state index is -0.0999. The monoisotopic (exact) mass is 322 g/mol. The number of hydrogen-bond donors (Lipinski definition) is 1. The molecule has 2 saturated heterocycles. The lowest BCUT2D eigenvalue weighted by atomic mass is 10.2. The molecule has 3 rings (SSSR count). The van der Waals surface area contributed by atoms with Crippen LogP contribution in [0.3, 0.4) is 0 Å². The zero-order valence-corrected chi connectivity index (χ0v) is 14.2. The van der Waals surface area contributed by atoms with E-state index in [2.05, 4.69) is 15.4 Å². The number of rotatable bonds is 4. The van der Waals surface area contributed by atoms with Crippen LogP contribution in [-0.4, -0.2) is 66.4 Å². The molecular weight excluding hydrogens is 296 g/mol. The van der Waals surface area contributed by atoms with Crippen LogP contribution in [0.25, 0.3) is 0 Å². The van der Waals surface area contributed by atoms with Gasteiger partial charge in [0.15, 0.2) is 0 Å². The first-order valence-corrected chi connectivity index (χ1v) is 8.31. The molecule has 23 heavy (non-hydrogen) atoms. The molecule has 3 heterocycles. The number of urea groups is 1. The summed E-state index contributed by atoms with van der Waals surface area (Å²) in [6, 6.07) is 0.487. The average Bonchev–Trinajstić information content (AvgIpc) is 3.13. The summed E-state index contributed by atoms with van der Waals surface area (Å²) in [5, 5.41) is 6.89. The van der Waals surface area contributed by atoms with Crippen molar-refractivity contribution in [1.29, 1.82) is 0 Å². The third kappa shape index (κ3) is 3.67. The van der Waals surface area contributed by atoms with Crippen molar-refractivity contribution >= 4 is 6.03 Å². The Hall–Kier alpha value is -1.60. The molecule has 2 fully saturated rings. The van der Waals surface area contributed by atoms with Crippen LogP contribution in [-0.2, 0) is 11.3 Å². The summed E-state index contributed by atoms with van der Waals surface area (Å²) < 4.78 is 11.0. The van der Waals surface area contributed by atoms with Gasteiger partial charge in [0.2, 0.25) is 0 Å². The molecule has 2 unspecified atom stereocenters. The molecule has 2 aliphatic rings. The van der Waals surface area contributed by atoms with Crippen molar-refractivity contribution in [3.05, 3.63) is 17.0 Å². The lowest BCUT2D eigenvalue weighted by Gasteiger charge is -2.35. The third-order valence-corrected chi connectivity index (χ3v) is 4.87. The Morgan fingerprint density at radius 1 is 1.48 bits per heavy atom. The summed E-state index contributed by atoms with van der Waals surface area (Å²) in [5.74, 6) is 0.762. The van der Waals surface area contributed by atoms with E-state index in [4.69, 9.17) is 9.26 Å². The van der Waals surface area contributed by atoms with Gasteiger partial charge in [0.1, 0.15) is 5.76 Å². The van der Waals surface area contributed by atoms with Crippen LogP contribution < -0.4 is 5.32 Å². The number of aromatic nitrogens is 1. The van der Waals surface area contributed by atoms with Crippen molar-refractivity contribution in [2.75, 3.05) is 33.3 Å². The molecule has 2 atom stereocenters. The molecule has 7 heteroatoms. The number of carbonyl (C=O) groups excluding carboxylic acids is 1. The number of ether oxygens (including phenoxy) is 1. The predicted octanol–water partition coefficient (Wildman–Crippen LogP) is 1.30. The number of amides is 2. The van der Waals surface area contributed by atoms with Crippen LogP contribution in [0.1, 0.15) is 29.9 Å². The highest BCUT2D eigenvalue weighted by Gasteiger charge is 2.32. The van der Waals surface area contributed by atoms with Gasteiger partial charge in [-0.2, -0.15) is 0 Å². The fraction of sp³-hybridized carbons (Fsp3) is 0.750. The van der Waals surface area contributed by atoms with E-state index in [-0.39, 0.29) is 12.1 Å². The highest BCUT2D eigenvalue weighted by atomic mass is 16.5. The number of carbonyl (C=O) groups is 1. The standard InChI is InChI=1S/C16H26N4O3/c1-11-15(12(2)23-18-11)9-19(3)16(21)17-7-14-8-20-6-4-5-13(20)10-22-14/h13-14H,4-10H2,1-3H3,(H,17,21). The molecule has 1 aromatic rings. The second-order valence-corrected chi connectivity index (χ2v) is 6.59. The quantitative estimate of drug-likeness (QED) is 0.905. The van der Waals surface area contributed by atoms with E-state index < -0.39 is 0 Å². The summed E-state index contributed by atoms with van der Waals surface area (Å²) in [6.07, 6.45) is 2.58. The maximum absolute atomic E-state index is 12.3. The predicted molar refractivity (Wildman–Crippen MR) is 85.2 cm³/mol. The van der Waals surface area contributed by atoms with E-state index >= 15 is 0 Å². The smallest absolute Gasteiger partial charge is 0.317 e. The van der Waals surface area contributed by atoms with Gasteiger partial charge in [0.25, 0.3) is 0 Å². The van der Waals surface area contributed by atoms with Gasteiger partial charge < -0.3 is 19.5 Å². The molecule has 2 aliphatic heterocycles. The average molecular weight is 322 g/mol. The second-order valence-electron chi connectivity index (χ2n) is 6.59. The maximum atomic E-state index is 12.3. The molecule has 2 amide bonds. The van der Waals surface area contributed by atoms with Gasteiger partial charge in [-0.1, -0.05) is 5.16 Å². The van der Waals surface area contributed by atoms with Gasteiger partial charge in [-0.05, 0) is 33.2 Å². The van der Waals surface area contributed by atoms with Crippen molar-refractivity contribution in [3.8, 4) is 0 Å². The Balaban J connectivity index is 1.45. The molecule has 0 bridgehead atoms. The lowest BCUT2D eigenvalue weighted by Crippen LogP contribution is -2.51. The van der Waals surface area contributed by atoms with Gasteiger partial charge in [-0.25, -0.2) is 4.79 Å². The number of morpholine rings is 1. The number of hydrogen-bond acceptors (Lipinski definition) is 5. The van der Waals surface area contributed by atoms with Crippen LogP contribution in [0, 0.1) is 13.8 Å². The SMILES string of the molecule is Cc1noc(C)c1CN(C)C(=O)NCC1CN2CCCC2CO1. The van der Waals surface area contributed by atoms with Crippen LogP contribution in [0.4, 0.5) is 4.79 Å². The molecule has 128 valence electrons. The van der Waals surface area contributed by atoms with Crippen LogP contribution in [0.5, 0.6) is 0 Å². The van der Waals surface area contributed by atoms with Gasteiger partial charge in [0.05, 0.1) is 24.9 Å². The minimum Gasteiger partial charge on any atom is -0.373 e. The van der Waals surface area contributed by atoms with E-state index in [0.717, 1.165) is 36.7 Å². The van der Waals surface area contributed by atoms with E-state index in [9.17, 15) is 4.79 Å². The summed E-state index contributed by atoms with van der Waals surface area (Å²) >= 11 is 0. The fourth-order valence-electron chi connectivity index (χ4n) is 3.38. The van der Waals surface area contributed by atoms with Gasteiger partial charge >= 0.3 is 6.03 Å². The van der Waals surface area contributed by atoms with Gasteiger partial charge in [0, 0.05) is 31.7 Å².